The summed E-state index contributed by atoms with van der Waals surface area (Å²) >= 11 is 5.93. The van der Waals surface area contributed by atoms with Gasteiger partial charge in [0.25, 0.3) is 0 Å². The van der Waals surface area contributed by atoms with Gasteiger partial charge in [0.2, 0.25) is 0 Å². The largest absolute Gasteiger partial charge is 0.457 e. The summed E-state index contributed by atoms with van der Waals surface area (Å²) < 4.78 is 5.96. The minimum atomic E-state index is -0.0984. The van der Waals surface area contributed by atoms with E-state index < -0.39 is 0 Å². The van der Waals surface area contributed by atoms with E-state index >= 15 is 0 Å². The molecule has 0 bridgehead atoms. The van der Waals surface area contributed by atoms with Gasteiger partial charge in [-0.1, -0.05) is 37.6 Å². The molecule has 2 aromatic carbocycles. The number of aliphatic hydroxyl groups excluding tert-OH is 1. The zero-order valence-electron chi connectivity index (χ0n) is 12.0. The Morgan fingerprint density at radius 1 is 1.10 bits per heavy atom. The van der Waals surface area contributed by atoms with Crippen LogP contribution >= 0.6 is 11.6 Å². The van der Waals surface area contributed by atoms with Crippen molar-refractivity contribution >= 4 is 11.6 Å². The molecule has 0 aliphatic heterocycles. The highest BCUT2D eigenvalue weighted by molar-refractivity contribution is 6.30. The Kier molecular flexibility index (Phi) is 4.69. The molecule has 106 valence electrons. The van der Waals surface area contributed by atoms with Crippen LogP contribution in [0.1, 0.15) is 36.5 Å². The molecule has 0 aliphatic rings. The third-order valence-corrected chi connectivity index (χ3v) is 3.53. The van der Waals surface area contributed by atoms with Crippen molar-refractivity contribution in [1.29, 1.82) is 0 Å². The monoisotopic (exact) mass is 290 g/mol. The van der Waals surface area contributed by atoms with Crippen molar-refractivity contribution in [3.8, 4) is 11.5 Å². The first-order valence-electron chi connectivity index (χ1n) is 6.69. The molecule has 2 aromatic rings. The lowest BCUT2D eigenvalue weighted by Crippen LogP contribution is -1.95. The van der Waals surface area contributed by atoms with Gasteiger partial charge < -0.3 is 9.84 Å². The van der Waals surface area contributed by atoms with Gasteiger partial charge in [0.05, 0.1) is 6.61 Å². The highest BCUT2D eigenvalue weighted by Crippen LogP contribution is 2.32. The molecule has 0 unspecified atom stereocenters. The average Bonchev–Trinajstić information content (AvgIpc) is 2.42. The van der Waals surface area contributed by atoms with E-state index in [4.69, 9.17) is 16.3 Å². The highest BCUT2D eigenvalue weighted by Gasteiger charge is 2.09. The number of hydrogen-bond donors (Lipinski definition) is 1. The van der Waals surface area contributed by atoms with Gasteiger partial charge in [-0.2, -0.15) is 0 Å². The summed E-state index contributed by atoms with van der Waals surface area (Å²) in [4.78, 5) is 0. The Labute approximate surface area is 125 Å². The molecule has 0 amide bonds. The maximum atomic E-state index is 9.39. The molecule has 2 rings (SSSR count). The van der Waals surface area contributed by atoms with E-state index in [1.54, 1.807) is 18.2 Å². The second kappa shape index (κ2) is 6.29. The van der Waals surface area contributed by atoms with Crippen LogP contribution in [0.2, 0.25) is 5.02 Å². The molecule has 2 nitrogen and oxygen atoms in total. The third kappa shape index (κ3) is 3.33. The van der Waals surface area contributed by atoms with Crippen LogP contribution in [0.4, 0.5) is 0 Å². The van der Waals surface area contributed by atoms with E-state index in [2.05, 4.69) is 32.0 Å². The van der Waals surface area contributed by atoms with Gasteiger partial charge >= 0.3 is 0 Å². The fourth-order valence-electron chi connectivity index (χ4n) is 1.98. The molecule has 1 N–H and O–H groups in total. The molecular formula is C17H19ClO2. The molecule has 0 radical (unpaired) electrons. The normalized spacial score (nSPS) is 10.9. The van der Waals surface area contributed by atoms with Crippen molar-refractivity contribution in [2.24, 2.45) is 0 Å². The SMILES string of the molecule is Cc1ccc(C(C)C)cc1Oc1ccc(Cl)cc1CO. The second-order valence-electron chi connectivity index (χ2n) is 5.19. The van der Waals surface area contributed by atoms with Gasteiger partial charge in [-0.15, -0.1) is 0 Å². The standard InChI is InChI=1S/C17H19ClO2/c1-11(2)13-5-4-12(3)17(9-13)20-16-7-6-15(18)8-14(16)10-19/h4-9,11,19H,10H2,1-3H3. The number of aliphatic hydroxyl groups is 1. The van der Waals surface area contributed by atoms with Crippen LogP contribution in [0.25, 0.3) is 0 Å². The molecule has 3 heteroatoms. The number of benzene rings is 2. The van der Waals surface area contributed by atoms with Gasteiger partial charge in [0.15, 0.2) is 0 Å². The average molecular weight is 291 g/mol. The molecule has 0 saturated heterocycles. The van der Waals surface area contributed by atoms with Crippen molar-refractivity contribution in [2.45, 2.75) is 33.3 Å². The number of ether oxygens (including phenoxy) is 1. The molecule has 0 heterocycles. The number of halogens is 1. The predicted molar refractivity (Wildman–Crippen MR) is 82.7 cm³/mol. The number of rotatable bonds is 4. The molecule has 0 spiro atoms. The smallest absolute Gasteiger partial charge is 0.133 e. The molecule has 20 heavy (non-hydrogen) atoms. The first-order chi connectivity index (χ1) is 9.51. The number of aryl methyl sites for hydroxylation is 1. The first kappa shape index (κ1) is 14.9. The van der Waals surface area contributed by atoms with Crippen molar-refractivity contribution in [2.75, 3.05) is 0 Å². The second-order valence-corrected chi connectivity index (χ2v) is 5.63. The zero-order valence-corrected chi connectivity index (χ0v) is 12.7. The van der Waals surface area contributed by atoms with Crippen molar-refractivity contribution in [3.05, 3.63) is 58.1 Å². The topological polar surface area (TPSA) is 29.5 Å². The number of hydrogen-bond acceptors (Lipinski definition) is 2. The Morgan fingerprint density at radius 3 is 2.50 bits per heavy atom. The third-order valence-electron chi connectivity index (χ3n) is 3.29. The van der Waals surface area contributed by atoms with Gasteiger partial charge in [0.1, 0.15) is 11.5 Å². The van der Waals surface area contributed by atoms with Crippen LogP contribution in [0.3, 0.4) is 0 Å². The Bertz CT molecular complexity index is 606. The Balaban J connectivity index is 2.36. The molecule has 0 aliphatic carbocycles. The lowest BCUT2D eigenvalue weighted by molar-refractivity contribution is 0.276. The van der Waals surface area contributed by atoms with E-state index in [9.17, 15) is 5.11 Å². The summed E-state index contributed by atoms with van der Waals surface area (Å²) in [5.74, 6) is 1.90. The summed E-state index contributed by atoms with van der Waals surface area (Å²) in [6.07, 6.45) is 0. The van der Waals surface area contributed by atoms with Gasteiger partial charge in [0, 0.05) is 10.6 Å². The van der Waals surface area contributed by atoms with Crippen LogP contribution in [-0.4, -0.2) is 5.11 Å². The van der Waals surface area contributed by atoms with Crippen molar-refractivity contribution < 1.29 is 9.84 Å². The summed E-state index contributed by atoms with van der Waals surface area (Å²) in [7, 11) is 0. The summed E-state index contributed by atoms with van der Waals surface area (Å²) in [6.45, 7) is 6.21. The van der Waals surface area contributed by atoms with Crippen LogP contribution in [-0.2, 0) is 6.61 Å². The van der Waals surface area contributed by atoms with E-state index in [0.717, 1.165) is 11.3 Å². The molecular weight excluding hydrogens is 272 g/mol. The van der Waals surface area contributed by atoms with Crippen LogP contribution < -0.4 is 4.74 Å². The summed E-state index contributed by atoms with van der Waals surface area (Å²) in [6, 6.07) is 11.5. The Hall–Kier alpha value is -1.51. The van der Waals surface area contributed by atoms with Gasteiger partial charge in [-0.3, -0.25) is 0 Å². The maximum absolute atomic E-state index is 9.39. The predicted octanol–water partition coefficient (Wildman–Crippen LogP) is 5.06. The fraction of sp³-hybridized carbons (Fsp3) is 0.294. The van der Waals surface area contributed by atoms with E-state index in [1.807, 2.05) is 6.92 Å². The summed E-state index contributed by atoms with van der Waals surface area (Å²) in [5.41, 5.74) is 2.98. The van der Waals surface area contributed by atoms with Gasteiger partial charge in [-0.05, 0) is 48.2 Å². The minimum Gasteiger partial charge on any atom is -0.457 e. The lowest BCUT2D eigenvalue weighted by Gasteiger charge is -2.14. The lowest BCUT2D eigenvalue weighted by atomic mass is 10.0. The first-order valence-corrected chi connectivity index (χ1v) is 7.06. The van der Waals surface area contributed by atoms with Crippen LogP contribution in [0.15, 0.2) is 36.4 Å². The van der Waals surface area contributed by atoms with E-state index in [0.29, 0.717) is 22.3 Å². The fourth-order valence-corrected chi connectivity index (χ4v) is 2.17. The van der Waals surface area contributed by atoms with E-state index in [1.165, 1.54) is 5.56 Å². The highest BCUT2D eigenvalue weighted by atomic mass is 35.5. The molecule has 0 fully saturated rings. The maximum Gasteiger partial charge on any atom is 0.133 e. The van der Waals surface area contributed by atoms with Crippen molar-refractivity contribution in [3.63, 3.8) is 0 Å². The molecule has 0 saturated carbocycles. The minimum absolute atomic E-state index is 0.0984. The quantitative estimate of drug-likeness (QED) is 0.853. The van der Waals surface area contributed by atoms with Gasteiger partial charge in [-0.25, -0.2) is 0 Å². The Morgan fingerprint density at radius 2 is 1.85 bits per heavy atom. The van der Waals surface area contributed by atoms with E-state index in [-0.39, 0.29) is 6.61 Å². The summed E-state index contributed by atoms with van der Waals surface area (Å²) in [5, 5.41) is 9.99. The van der Waals surface area contributed by atoms with Crippen molar-refractivity contribution in [1.82, 2.24) is 0 Å². The zero-order chi connectivity index (χ0) is 14.7. The van der Waals surface area contributed by atoms with Crippen LogP contribution in [0, 0.1) is 6.92 Å². The molecule has 0 atom stereocenters. The molecule has 0 aromatic heterocycles. The van der Waals surface area contributed by atoms with Crippen LogP contribution in [0.5, 0.6) is 11.5 Å².